The molecule has 7 heteroatoms. The van der Waals surface area contributed by atoms with E-state index in [9.17, 15) is 13.6 Å². The van der Waals surface area contributed by atoms with Gasteiger partial charge in [-0.2, -0.15) is 0 Å². The molecule has 1 fully saturated rings. The predicted octanol–water partition coefficient (Wildman–Crippen LogP) is 3.35. The molecule has 5 nitrogen and oxygen atoms in total. The normalized spacial score (nSPS) is 17.0. The second-order valence-electron chi connectivity index (χ2n) is 5.68. The van der Waals surface area contributed by atoms with E-state index in [2.05, 4.69) is 10.3 Å². The van der Waals surface area contributed by atoms with Crippen LogP contribution in [0.15, 0.2) is 36.5 Å². The van der Waals surface area contributed by atoms with E-state index < -0.39 is 23.4 Å². The van der Waals surface area contributed by atoms with Gasteiger partial charge in [0.1, 0.15) is 23.4 Å². The van der Waals surface area contributed by atoms with Crippen molar-refractivity contribution in [2.75, 3.05) is 18.4 Å². The molecule has 1 aromatic heterocycles. The molecule has 1 N–H and O–H groups in total. The minimum atomic E-state index is -0.806. The van der Waals surface area contributed by atoms with Crippen molar-refractivity contribution in [3.8, 4) is 5.88 Å². The number of carbonyl (C=O) groups is 1. The van der Waals surface area contributed by atoms with Crippen LogP contribution in [0.3, 0.4) is 0 Å². The highest BCUT2D eigenvalue weighted by Crippen LogP contribution is 2.21. The molecular formula is C17H17F2N3O2. The van der Waals surface area contributed by atoms with Crippen molar-refractivity contribution in [2.45, 2.75) is 19.4 Å². The summed E-state index contributed by atoms with van der Waals surface area (Å²) in [6.45, 7) is 2.70. The Hall–Kier alpha value is -2.70. The summed E-state index contributed by atoms with van der Waals surface area (Å²) in [5.74, 6) is -1.12. The molecule has 2 heterocycles. The number of ether oxygens (including phenoxy) is 1. The number of rotatable bonds is 3. The van der Waals surface area contributed by atoms with Gasteiger partial charge in [0.2, 0.25) is 5.88 Å². The van der Waals surface area contributed by atoms with Gasteiger partial charge in [-0.05, 0) is 24.6 Å². The average Bonchev–Trinajstić information content (AvgIpc) is 3.02. The molecule has 0 radical (unpaired) electrons. The lowest BCUT2D eigenvalue weighted by molar-refractivity contribution is 0.190. The zero-order valence-corrected chi connectivity index (χ0v) is 13.1. The van der Waals surface area contributed by atoms with Crippen molar-refractivity contribution in [1.29, 1.82) is 0 Å². The number of halogens is 2. The Bertz CT molecular complexity index is 717. The Kier molecular flexibility index (Phi) is 4.59. The fourth-order valence-electron chi connectivity index (χ4n) is 2.51. The smallest absolute Gasteiger partial charge is 0.322 e. The Morgan fingerprint density at radius 2 is 2.04 bits per heavy atom. The quantitative estimate of drug-likeness (QED) is 0.937. The van der Waals surface area contributed by atoms with Gasteiger partial charge < -0.3 is 15.0 Å². The Labute approximate surface area is 138 Å². The molecule has 0 spiro atoms. The van der Waals surface area contributed by atoms with Crippen LogP contribution in [0.25, 0.3) is 0 Å². The molecule has 0 aliphatic carbocycles. The number of amides is 2. The number of hydrogen-bond acceptors (Lipinski definition) is 3. The number of aromatic nitrogens is 1. The SMILES string of the molecule is Cc1ccc(O[C@@H]2CCN(C(=O)Nc3c(F)cccc3F)C2)nc1. The first-order valence-corrected chi connectivity index (χ1v) is 7.62. The van der Waals surface area contributed by atoms with Gasteiger partial charge in [-0.15, -0.1) is 0 Å². The van der Waals surface area contributed by atoms with Crippen molar-refractivity contribution in [3.05, 3.63) is 53.7 Å². The van der Waals surface area contributed by atoms with Crippen LogP contribution in [-0.4, -0.2) is 35.1 Å². The topological polar surface area (TPSA) is 54.5 Å². The van der Waals surface area contributed by atoms with Gasteiger partial charge in [-0.3, -0.25) is 0 Å². The summed E-state index contributed by atoms with van der Waals surface area (Å²) in [4.78, 5) is 17.8. The minimum absolute atomic E-state index is 0.198. The maximum absolute atomic E-state index is 13.6. The van der Waals surface area contributed by atoms with Crippen LogP contribution in [0.5, 0.6) is 5.88 Å². The largest absolute Gasteiger partial charge is 0.472 e. The second-order valence-corrected chi connectivity index (χ2v) is 5.68. The van der Waals surface area contributed by atoms with Crippen LogP contribution in [0.4, 0.5) is 19.3 Å². The maximum atomic E-state index is 13.6. The van der Waals surface area contributed by atoms with E-state index >= 15 is 0 Å². The van der Waals surface area contributed by atoms with Gasteiger partial charge in [0.05, 0.1) is 6.54 Å². The fraction of sp³-hybridized carbons (Fsp3) is 0.294. The van der Waals surface area contributed by atoms with Crippen LogP contribution in [-0.2, 0) is 0 Å². The molecular weight excluding hydrogens is 316 g/mol. The summed E-state index contributed by atoms with van der Waals surface area (Å²) in [7, 11) is 0. The molecule has 1 saturated heterocycles. The standard InChI is InChI=1S/C17H17F2N3O2/c1-11-5-6-15(20-9-11)24-12-7-8-22(10-12)17(23)21-16-13(18)3-2-4-14(16)19/h2-6,9,12H,7-8,10H2,1H3,(H,21,23)/t12-/m1/s1. The van der Waals surface area contributed by atoms with Crippen molar-refractivity contribution in [1.82, 2.24) is 9.88 Å². The molecule has 1 aliphatic rings. The summed E-state index contributed by atoms with van der Waals surface area (Å²) in [6, 6.07) is 6.54. The summed E-state index contributed by atoms with van der Waals surface area (Å²) in [6.07, 6.45) is 2.13. The number of nitrogens with one attached hydrogen (secondary N) is 1. The highest BCUT2D eigenvalue weighted by Gasteiger charge is 2.28. The van der Waals surface area contributed by atoms with E-state index in [1.54, 1.807) is 12.3 Å². The summed E-state index contributed by atoms with van der Waals surface area (Å²) in [5, 5.41) is 2.28. The Balaban J connectivity index is 1.59. The maximum Gasteiger partial charge on any atom is 0.322 e. The lowest BCUT2D eigenvalue weighted by atomic mass is 10.3. The van der Waals surface area contributed by atoms with Gasteiger partial charge in [-0.25, -0.2) is 18.6 Å². The van der Waals surface area contributed by atoms with Crippen LogP contribution >= 0.6 is 0 Å². The lowest BCUT2D eigenvalue weighted by Gasteiger charge is -2.18. The number of benzene rings is 1. The number of pyridine rings is 1. The number of anilines is 1. The molecule has 0 bridgehead atoms. The first-order chi connectivity index (χ1) is 11.5. The number of likely N-dealkylation sites (tertiary alicyclic amines) is 1. The molecule has 126 valence electrons. The van der Waals surface area contributed by atoms with Gasteiger partial charge in [0.25, 0.3) is 0 Å². The van der Waals surface area contributed by atoms with Crippen molar-refractivity contribution < 1.29 is 18.3 Å². The van der Waals surface area contributed by atoms with Gasteiger partial charge in [0, 0.05) is 25.2 Å². The van der Waals surface area contributed by atoms with E-state index in [1.807, 2.05) is 13.0 Å². The molecule has 0 unspecified atom stereocenters. The number of hydrogen-bond donors (Lipinski definition) is 1. The first kappa shape index (κ1) is 16.2. The van der Waals surface area contributed by atoms with E-state index in [1.165, 1.54) is 11.0 Å². The Morgan fingerprint density at radius 1 is 1.29 bits per heavy atom. The third-order valence-corrected chi connectivity index (χ3v) is 3.80. The molecule has 0 saturated carbocycles. The number of urea groups is 1. The van der Waals surface area contributed by atoms with Gasteiger partial charge in [-0.1, -0.05) is 12.1 Å². The summed E-state index contributed by atoms with van der Waals surface area (Å²) in [5.41, 5.74) is 0.591. The molecule has 3 rings (SSSR count). The number of nitrogens with zero attached hydrogens (tertiary/aromatic N) is 2. The minimum Gasteiger partial charge on any atom is -0.472 e. The highest BCUT2D eigenvalue weighted by molar-refractivity contribution is 5.89. The molecule has 1 atom stereocenters. The van der Waals surface area contributed by atoms with E-state index in [0.29, 0.717) is 25.4 Å². The molecule has 1 aliphatic heterocycles. The fourth-order valence-corrected chi connectivity index (χ4v) is 2.51. The Morgan fingerprint density at radius 3 is 2.71 bits per heavy atom. The predicted molar refractivity (Wildman–Crippen MR) is 85.0 cm³/mol. The second kappa shape index (κ2) is 6.82. The van der Waals surface area contributed by atoms with Crippen LogP contribution in [0.1, 0.15) is 12.0 Å². The zero-order valence-electron chi connectivity index (χ0n) is 13.1. The van der Waals surface area contributed by atoms with Gasteiger partial charge in [0.15, 0.2) is 0 Å². The van der Waals surface area contributed by atoms with Crippen LogP contribution in [0.2, 0.25) is 0 Å². The zero-order chi connectivity index (χ0) is 17.1. The van der Waals surface area contributed by atoms with Gasteiger partial charge >= 0.3 is 6.03 Å². The average molecular weight is 333 g/mol. The molecule has 1 aromatic carbocycles. The first-order valence-electron chi connectivity index (χ1n) is 7.62. The summed E-state index contributed by atoms with van der Waals surface area (Å²) >= 11 is 0. The van der Waals surface area contributed by atoms with E-state index in [-0.39, 0.29) is 6.10 Å². The molecule has 24 heavy (non-hydrogen) atoms. The highest BCUT2D eigenvalue weighted by atomic mass is 19.1. The van der Waals surface area contributed by atoms with E-state index in [0.717, 1.165) is 17.7 Å². The third-order valence-electron chi connectivity index (χ3n) is 3.80. The van der Waals surface area contributed by atoms with Crippen molar-refractivity contribution in [3.63, 3.8) is 0 Å². The lowest BCUT2D eigenvalue weighted by Crippen LogP contribution is -2.35. The molecule has 2 aromatic rings. The summed E-state index contributed by atoms with van der Waals surface area (Å²) < 4.78 is 32.9. The van der Waals surface area contributed by atoms with Crippen molar-refractivity contribution in [2.24, 2.45) is 0 Å². The van der Waals surface area contributed by atoms with Crippen molar-refractivity contribution >= 4 is 11.7 Å². The number of aryl methyl sites for hydroxylation is 1. The number of para-hydroxylation sites is 1. The number of carbonyl (C=O) groups excluding carboxylic acids is 1. The third kappa shape index (κ3) is 3.61. The monoisotopic (exact) mass is 333 g/mol. The van der Waals surface area contributed by atoms with E-state index in [4.69, 9.17) is 4.74 Å². The van der Waals surface area contributed by atoms with Crippen LogP contribution in [0, 0.1) is 18.6 Å². The van der Waals surface area contributed by atoms with Crippen LogP contribution < -0.4 is 10.1 Å². The molecule has 2 amide bonds.